The van der Waals surface area contributed by atoms with E-state index in [9.17, 15) is 4.79 Å². The van der Waals surface area contributed by atoms with Gasteiger partial charge < -0.3 is 15.0 Å². The summed E-state index contributed by atoms with van der Waals surface area (Å²) >= 11 is 0. The Morgan fingerprint density at radius 1 is 1.27 bits per heavy atom. The first kappa shape index (κ1) is 14.1. The van der Waals surface area contributed by atoms with Crippen LogP contribution in [-0.4, -0.2) is 29.6 Å². The summed E-state index contributed by atoms with van der Waals surface area (Å²) in [5.74, 6) is 0.164. The van der Waals surface area contributed by atoms with Crippen LogP contribution in [-0.2, 0) is 11.2 Å². The molecular formula is C17H17N3O2. The second kappa shape index (κ2) is 6.30. The average Bonchev–Trinajstić information content (AvgIpc) is 2.98. The number of fused-ring (bicyclic) bond motifs is 1. The van der Waals surface area contributed by atoms with Crippen LogP contribution in [0.1, 0.15) is 15.9 Å². The minimum absolute atomic E-state index is 0.386. The summed E-state index contributed by atoms with van der Waals surface area (Å²) < 4.78 is 4.76. The Morgan fingerprint density at radius 3 is 3.00 bits per heavy atom. The molecule has 0 amide bonds. The lowest BCUT2D eigenvalue weighted by molar-refractivity contribution is 0.0601. The third kappa shape index (κ3) is 2.79. The maximum absolute atomic E-state index is 11.7. The first-order valence-corrected chi connectivity index (χ1v) is 7.12. The van der Waals surface area contributed by atoms with Crippen LogP contribution in [0.5, 0.6) is 0 Å². The molecule has 22 heavy (non-hydrogen) atoms. The number of hydrogen-bond donors (Lipinski definition) is 2. The van der Waals surface area contributed by atoms with Crippen molar-refractivity contribution in [2.24, 2.45) is 0 Å². The topological polar surface area (TPSA) is 67.0 Å². The van der Waals surface area contributed by atoms with E-state index in [2.05, 4.69) is 27.4 Å². The van der Waals surface area contributed by atoms with Crippen LogP contribution in [0.4, 0.5) is 5.82 Å². The van der Waals surface area contributed by atoms with Crippen LogP contribution in [0.15, 0.2) is 48.8 Å². The number of para-hydroxylation sites is 1. The number of nitrogens with zero attached hydrogens (tertiary/aromatic N) is 1. The zero-order valence-electron chi connectivity index (χ0n) is 12.3. The molecule has 2 N–H and O–H groups in total. The van der Waals surface area contributed by atoms with Crippen LogP contribution in [0, 0.1) is 0 Å². The van der Waals surface area contributed by atoms with E-state index >= 15 is 0 Å². The van der Waals surface area contributed by atoms with Crippen LogP contribution in [0.25, 0.3) is 10.9 Å². The van der Waals surface area contributed by atoms with E-state index in [1.54, 1.807) is 18.3 Å². The van der Waals surface area contributed by atoms with Crippen molar-refractivity contribution in [1.29, 1.82) is 0 Å². The predicted octanol–water partition coefficient (Wildman–Crippen LogP) is 3.00. The monoisotopic (exact) mass is 295 g/mol. The van der Waals surface area contributed by atoms with E-state index in [0.717, 1.165) is 11.9 Å². The largest absolute Gasteiger partial charge is 0.465 e. The van der Waals surface area contributed by atoms with E-state index in [-0.39, 0.29) is 5.97 Å². The number of anilines is 1. The van der Waals surface area contributed by atoms with Gasteiger partial charge >= 0.3 is 5.97 Å². The van der Waals surface area contributed by atoms with Gasteiger partial charge in [0.2, 0.25) is 0 Å². The lowest BCUT2D eigenvalue weighted by Gasteiger charge is -2.09. The minimum Gasteiger partial charge on any atom is -0.465 e. The first-order chi connectivity index (χ1) is 10.8. The van der Waals surface area contributed by atoms with Gasteiger partial charge in [-0.3, -0.25) is 0 Å². The van der Waals surface area contributed by atoms with Gasteiger partial charge in [-0.1, -0.05) is 18.2 Å². The molecule has 2 aromatic heterocycles. The highest BCUT2D eigenvalue weighted by molar-refractivity contribution is 5.94. The van der Waals surface area contributed by atoms with Crippen LogP contribution in [0.3, 0.4) is 0 Å². The molecule has 0 aliphatic rings. The predicted molar refractivity (Wildman–Crippen MR) is 86.1 cm³/mol. The molecule has 0 radical (unpaired) electrons. The van der Waals surface area contributed by atoms with E-state index < -0.39 is 0 Å². The normalized spacial score (nSPS) is 10.6. The lowest BCUT2D eigenvalue weighted by Crippen LogP contribution is -2.12. The number of rotatable bonds is 5. The minimum atomic E-state index is -0.386. The SMILES string of the molecule is COC(=O)c1cccnc1NCCc1c[nH]c2ccccc12. The van der Waals surface area contributed by atoms with Crippen molar-refractivity contribution >= 4 is 22.7 Å². The Kier molecular flexibility index (Phi) is 4.05. The molecule has 0 aliphatic heterocycles. The zero-order valence-corrected chi connectivity index (χ0v) is 12.3. The molecule has 5 heteroatoms. The molecule has 0 unspecified atom stereocenters. The van der Waals surface area contributed by atoms with Gasteiger partial charge in [-0.15, -0.1) is 0 Å². The standard InChI is InChI=1S/C17H17N3O2/c1-22-17(21)14-6-4-9-18-16(14)19-10-8-12-11-20-15-7-3-2-5-13(12)15/h2-7,9,11,20H,8,10H2,1H3,(H,18,19). The summed E-state index contributed by atoms with van der Waals surface area (Å²) in [7, 11) is 1.37. The van der Waals surface area contributed by atoms with Crippen LogP contribution in [0.2, 0.25) is 0 Å². The van der Waals surface area contributed by atoms with E-state index in [4.69, 9.17) is 4.74 Å². The third-order valence-corrected chi connectivity index (χ3v) is 3.57. The Bertz CT molecular complexity index is 795. The number of carbonyl (C=O) groups excluding carboxylic acids is 1. The summed E-state index contributed by atoms with van der Waals surface area (Å²) in [5.41, 5.74) is 2.81. The maximum atomic E-state index is 11.7. The van der Waals surface area contributed by atoms with E-state index in [1.807, 2.05) is 18.3 Å². The molecule has 5 nitrogen and oxygen atoms in total. The molecule has 3 rings (SSSR count). The van der Waals surface area contributed by atoms with Crippen LogP contribution < -0.4 is 5.32 Å². The quantitative estimate of drug-likeness (QED) is 0.710. The van der Waals surface area contributed by atoms with Crippen molar-refractivity contribution in [2.75, 3.05) is 19.0 Å². The molecule has 112 valence electrons. The van der Waals surface area contributed by atoms with Gasteiger partial charge in [-0.05, 0) is 30.2 Å². The number of ether oxygens (including phenoxy) is 1. The number of aromatic nitrogens is 2. The Hall–Kier alpha value is -2.82. The number of nitrogens with one attached hydrogen (secondary N) is 2. The summed E-state index contributed by atoms with van der Waals surface area (Å²) in [6, 6.07) is 11.6. The van der Waals surface area contributed by atoms with Gasteiger partial charge in [0.25, 0.3) is 0 Å². The summed E-state index contributed by atoms with van der Waals surface area (Å²) in [6.07, 6.45) is 4.51. The van der Waals surface area contributed by atoms with Gasteiger partial charge in [0.15, 0.2) is 0 Å². The second-order valence-electron chi connectivity index (χ2n) is 4.93. The van der Waals surface area contributed by atoms with Crippen molar-refractivity contribution in [3.63, 3.8) is 0 Å². The van der Waals surface area contributed by atoms with Crippen molar-refractivity contribution in [3.05, 3.63) is 59.9 Å². The van der Waals surface area contributed by atoms with Crippen molar-refractivity contribution in [1.82, 2.24) is 9.97 Å². The van der Waals surface area contributed by atoms with Gasteiger partial charge in [0.05, 0.1) is 7.11 Å². The highest BCUT2D eigenvalue weighted by Gasteiger charge is 2.12. The van der Waals surface area contributed by atoms with Crippen molar-refractivity contribution in [3.8, 4) is 0 Å². The highest BCUT2D eigenvalue weighted by Crippen LogP contribution is 2.18. The van der Waals surface area contributed by atoms with Gasteiger partial charge in [0, 0.05) is 29.8 Å². The molecule has 3 aromatic rings. The smallest absolute Gasteiger partial charge is 0.341 e. The molecule has 0 bridgehead atoms. The molecule has 0 atom stereocenters. The number of methoxy groups -OCH3 is 1. The van der Waals surface area contributed by atoms with Gasteiger partial charge in [-0.2, -0.15) is 0 Å². The van der Waals surface area contributed by atoms with Crippen molar-refractivity contribution in [2.45, 2.75) is 6.42 Å². The van der Waals surface area contributed by atoms with Gasteiger partial charge in [0.1, 0.15) is 11.4 Å². The summed E-state index contributed by atoms with van der Waals surface area (Å²) in [6.45, 7) is 0.683. The molecule has 0 spiro atoms. The fraction of sp³-hybridized carbons (Fsp3) is 0.176. The zero-order chi connectivity index (χ0) is 15.4. The van der Waals surface area contributed by atoms with Crippen LogP contribution >= 0.6 is 0 Å². The number of benzene rings is 1. The fourth-order valence-electron chi connectivity index (χ4n) is 2.47. The molecule has 0 aliphatic carbocycles. The Balaban J connectivity index is 1.70. The molecule has 1 aromatic carbocycles. The van der Waals surface area contributed by atoms with E-state index in [0.29, 0.717) is 17.9 Å². The Labute approximate surface area is 128 Å². The molecule has 0 saturated carbocycles. The number of H-pyrrole nitrogens is 1. The summed E-state index contributed by atoms with van der Waals surface area (Å²) in [4.78, 5) is 19.2. The number of aromatic amines is 1. The number of carbonyl (C=O) groups is 1. The molecule has 0 fully saturated rings. The lowest BCUT2D eigenvalue weighted by atomic mass is 10.1. The maximum Gasteiger partial charge on any atom is 0.341 e. The fourth-order valence-corrected chi connectivity index (χ4v) is 2.47. The molecule has 0 saturated heterocycles. The second-order valence-corrected chi connectivity index (χ2v) is 4.93. The number of esters is 1. The third-order valence-electron chi connectivity index (χ3n) is 3.57. The van der Waals surface area contributed by atoms with Gasteiger partial charge in [-0.25, -0.2) is 9.78 Å². The molecule has 2 heterocycles. The highest BCUT2D eigenvalue weighted by atomic mass is 16.5. The average molecular weight is 295 g/mol. The molecular weight excluding hydrogens is 278 g/mol. The van der Waals surface area contributed by atoms with E-state index in [1.165, 1.54) is 18.1 Å². The number of pyridine rings is 1. The van der Waals surface area contributed by atoms with Crippen molar-refractivity contribution < 1.29 is 9.53 Å². The Morgan fingerprint density at radius 2 is 2.14 bits per heavy atom. The first-order valence-electron chi connectivity index (χ1n) is 7.12. The number of hydrogen-bond acceptors (Lipinski definition) is 4. The summed E-state index contributed by atoms with van der Waals surface area (Å²) in [5, 5.41) is 4.43.